The summed E-state index contributed by atoms with van der Waals surface area (Å²) < 4.78 is 2.23. The zero-order chi connectivity index (χ0) is 12.8. The summed E-state index contributed by atoms with van der Waals surface area (Å²) in [5, 5.41) is 13.6. The maximum Gasteiger partial charge on any atom is 0.0956 e. The average Bonchev–Trinajstić information content (AvgIpc) is 3.00. The lowest BCUT2D eigenvalue weighted by Gasteiger charge is -2.34. The van der Waals surface area contributed by atoms with Gasteiger partial charge in [0.15, 0.2) is 0 Å². The zero-order valence-electron chi connectivity index (χ0n) is 10.7. The van der Waals surface area contributed by atoms with Crippen molar-refractivity contribution in [2.24, 2.45) is 5.92 Å². The number of nitrogens with one attached hydrogen (secondary N) is 1. The van der Waals surface area contributed by atoms with E-state index in [4.69, 9.17) is 0 Å². The summed E-state index contributed by atoms with van der Waals surface area (Å²) in [6.45, 7) is 1.66. The van der Waals surface area contributed by atoms with Crippen molar-refractivity contribution in [1.82, 2.24) is 14.9 Å². The van der Waals surface area contributed by atoms with E-state index in [-0.39, 0.29) is 18.1 Å². The lowest BCUT2D eigenvalue weighted by molar-refractivity contribution is 0.0618. The molecule has 3 heterocycles. The highest BCUT2D eigenvalue weighted by molar-refractivity contribution is 5.69. The molecule has 0 bridgehead atoms. The van der Waals surface area contributed by atoms with E-state index in [0.29, 0.717) is 6.54 Å². The minimum absolute atomic E-state index is 0.228. The quantitative estimate of drug-likeness (QED) is 0.810. The van der Waals surface area contributed by atoms with Crippen LogP contribution in [-0.2, 0) is 0 Å². The molecule has 2 aromatic rings. The fourth-order valence-electron chi connectivity index (χ4n) is 3.54. The van der Waals surface area contributed by atoms with Crippen LogP contribution < -0.4 is 5.32 Å². The van der Waals surface area contributed by atoms with Crippen molar-refractivity contribution in [3.63, 3.8) is 0 Å². The highest BCUT2D eigenvalue weighted by atomic mass is 16.3. The Bertz CT molecular complexity index is 607. The van der Waals surface area contributed by atoms with Gasteiger partial charge < -0.3 is 15.0 Å². The number of fused-ring (bicyclic) bond motifs is 3. The normalized spacial score (nSPS) is 29.0. The smallest absolute Gasteiger partial charge is 0.0956 e. The molecule has 0 saturated carbocycles. The Kier molecular flexibility index (Phi) is 2.47. The molecule has 1 aromatic heterocycles. The molecule has 4 heteroatoms. The van der Waals surface area contributed by atoms with Gasteiger partial charge in [-0.1, -0.05) is 24.3 Å². The number of rotatable bonds is 1. The van der Waals surface area contributed by atoms with Crippen LogP contribution >= 0.6 is 0 Å². The molecule has 0 radical (unpaired) electrons. The number of hydrogen-bond acceptors (Lipinski definition) is 3. The third-order valence-electron chi connectivity index (χ3n) is 4.43. The SMILES string of the molecule is O[C@@H]1CNCC[C@H]1[C@@H]1c2ccccc2-c2cncn21. The summed E-state index contributed by atoms with van der Waals surface area (Å²) >= 11 is 0. The Morgan fingerprint density at radius 1 is 1.32 bits per heavy atom. The topological polar surface area (TPSA) is 50.1 Å². The second kappa shape index (κ2) is 4.18. The van der Waals surface area contributed by atoms with E-state index < -0.39 is 0 Å². The second-order valence-corrected chi connectivity index (χ2v) is 5.44. The molecule has 0 unspecified atom stereocenters. The summed E-state index contributed by atoms with van der Waals surface area (Å²) in [6, 6.07) is 8.71. The Balaban J connectivity index is 1.84. The number of aliphatic hydroxyl groups is 1. The number of aliphatic hydroxyl groups excluding tert-OH is 1. The van der Waals surface area contributed by atoms with Gasteiger partial charge >= 0.3 is 0 Å². The summed E-state index contributed by atoms with van der Waals surface area (Å²) in [6.07, 6.45) is 4.53. The Morgan fingerprint density at radius 3 is 3.11 bits per heavy atom. The van der Waals surface area contributed by atoms with E-state index in [0.717, 1.165) is 13.0 Å². The molecule has 0 aliphatic carbocycles. The Labute approximate surface area is 112 Å². The number of piperidine rings is 1. The van der Waals surface area contributed by atoms with Gasteiger partial charge in [0.25, 0.3) is 0 Å². The minimum atomic E-state index is -0.292. The largest absolute Gasteiger partial charge is 0.391 e. The van der Waals surface area contributed by atoms with E-state index in [1.165, 1.54) is 16.8 Å². The monoisotopic (exact) mass is 255 g/mol. The van der Waals surface area contributed by atoms with E-state index in [9.17, 15) is 5.11 Å². The molecule has 2 aliphatic heterocycles. The van der Waals surface area contributed by atoms with Crippen LogP contribution in [0.3, 0.4) is 0 Å². The lowest BCUT2D eigenvalue weighted by Crippen LogP contribution is -2.43. The van der Waals surface area contributed by atoms with Gasteiger partial charge in [0, 0.05) is 18.0 Å². The molecule has 98 valence electrons. The van der Waals surface area contributed by atoms with Gasteiger partial charge in [0.05, 0.1) is 30.4 Å². The van der Waals surface area contributed by atoms with Crippen LogP contribution in [0.4, 0.5) is 0 Å². The summed E-state index contributed by atoms with van der Waals surface area (Å²) in [7, 11) is 0. The van der Waals surface area contributed by atoms with E-state index >= 15 is 0 Å². The minimum Gasteiger partial charge on any atom is -0.391 e. The van der Waals surface area contributed by atoms with Gasteiger partial charge in [-0.2, -0.15) is 0 Å². The molecule has 2 aliphatic rings. The van der Waals surface area contributed by atoms with Crippen LogP contribution in [0.15, 0.2) is 36.8 Å². The van der Waals surface area contributed by atoms with Crippen LogP contribution in [0.25, 0.3) is 11.3 Å². The van der Waals surface area contributed by atoms with Gasteiger partial charge in [0.2, 0.25) is 0 Å². The van der Waals surface area contributed by atoms with E-state index in [1.54, 1.807) is 0 Å². The van der Waals surface area contributed by atoms with Crippen molar-refractivity contribution in [1.29, 1.82) is 0 Å². The summed E-state index contributed by atoms with van der Waals surface area (Å²) in [4.78, 5) is 4.28. The number of aromatic nitrogens is 2. The molecule has 1 saturated heterocycles. The van der Waals surface area contributed by atoms with Crippen LogP contribution in [0, 0.1) is 5.92 Å². The maximum atomic E-state index is 10.3. The van der Waals surface area contributed by atoms with E-state index in [2.05, 4.69) is 39.1 Å². The van der Waals surface area contributed by atoms with Crippen molar-refractivity contribution in [2.45, 2.75) is 18.6 Å². The third kappa shape index (κ3) is 1.57. The average molecular weight is 255 g/mol. The second-order valence-electron chi connectivity index (χ2n) is 5.44. The van der Waals surface area contributed by atoms with Crippen molar-refractivity contribution in [3.8, 4) is 11.3 Å². The van der Waals surface area contributed by atoms with Gasteiger partial charge in [0.1, 0.15) is 0 Å². The highest BCUT2D eigenvalue weighted by Crippen LogP contribution is 2.44. The number of β-amino-alcohol motifs (C(OH)–C–C–N with tert-alkyl or cyclic N) is 1. The number of benzene rings is 1. The first-order valence-corrected chi connectivity index (χ1v) is 6.86. The Hall–Kier alpha value is -1.65. The molecule has 1 fully saturated rings. The molecular weight excluding hydrogens is 238 g/mol. The molecule has 4 rings (SSSR count). The first-order valence-electron chi connectivity index (χ1n) is 6.86. The molecule has 3 atom stereocenters. The van der Waals surface area contributed by atoms with Crippen molar-refractivity contribution >= 4 is 0 Å². The lowest BCUT2D eigenvalue weighted by atomic mass is 9.84. The molecule has 0 spiro atoms. The highest BCUT2D eigenvalue weighted by Gasteiger charge is 2.38. The molecule has 1 aromatic carbocycles. The predicted octanol–water partition coefficient (Wildman–Crippen LogP) is 1.42. The molecule has 2 N–H and O–H groups in total. The number of nitrogens with zero attached hydrogens (tertiary/aromatic N) is 2. The van der Waals surface area contributed by atoms with Crippen molar-refractivity contribution in [2.75, 3.05) is 13.1 Å². The van der Waals surface area contributed by atoms with Crippen molar-refractivity contribution in [3.05, 3.63) is 42.4 Å². The number of hydrogen-bond donors (Lipinski definition) is 2. The molecule has 4 nitrogen and oxygen atoms in total. The Morgan fingerprint density at radius 2 is 2.21 bits per heavy atom. The zero-order valence-corrected chi connectivity index (χ0v) is 10.7. The summed E-state index contributed by atoms with van der Waals surface area (Å²) in [5.74, 6) is 0.262. The fourth-order valence-corrected chi connectivity index (χ4v) is 3.54. The predicted molar refractivity (Wildman–Crippen MR) is 72.8 cm³/mol. The molecule has 19 heavy (non-hydrogen) atoms. The molecular formula is C15H17N3O. The third-order valence-corrected chi connectivity index (χ3v) is 4.43. The first kappa shape index (κ1) is 11.2. The van der Waals surface area contributed by atoms with Crippen LogP contribution in [-0.4, -0.2) is 33.9 Å². The molecule has 0 amide bonds. The van der Waals surface area contributed by atoms with Crippen LogP contribution in [0.2, 0.25) is 0 Å². The van der Waals surface area contributed by atoms with Crippen molar-refractivity contribution < 1.29 is 5.11 Å². The maximum absolute atomic E-state index is 10.3. The van der Waals surface area contributed by atoms with Gasteiger partial charge in [-0.05, 0) is 18.5 Å². The fraction of sp³-hybridized carbons (Fsp3) is 0.400. The van der Waals surface area contributed by atoms with Crippen LogP contribution in [0.1, 0.15) is 18.0 Å². The van der Waals surface area contributed by atoms with Gasteiger partial charge in [-0.25, -0.2) is 4.98 Å². The number of imidazole rings is 1. The van der Waals surface area contributed by atoms with E-state index in [1.807, 2.05) is 12.5 Å². The van der Waals surface area contributed by atoms with Gasteiger partial charge in [-0.15, -0.1) is 0 Å². The summed E-state index contributed by atoms with van der Waals surface area (Å²) in [5.41, 5.74) is 3.76. The van der Waals surface area contributed by atoms with Crippen LogP contribution in [0.5, 0.6) is 0 Å². The first-order chi connectivity index (χ1) is 9.36. The van der Waals surface area contributed by atoms with Gasteiger partial charge in [-0.3, -0.25) is 0 Å². The standard InChI is InChI=1S/C15H17N3O/c19-14-8-16-6-5-12(14)15-11-4-2-1-3-10(11)13-7-17-9-18(13)15/h1-4,7,9,12,14-16,19H,5-6,8H2/t12-,14-,15+/m1/s1.